The fourth-order valence-corrected chi connectivity index (χ4v) is 6.27. The number of carbonyl (C=O) groups is 1. The minimum Gasteiger partial charge on any atom is -0.480 e. The molecule has 2 aromatic carbocycles. The number of hydrogen-bond donors (Lipinski definition) is 3. The van der Waals surface area contributed by atoms with Gasteiger partial charge in [0.1, 0.15) is 11.9 Å². The van der Waals surface area contributed by atoms with E-state index >= 15 is 0 Å². The zero-order valence-corrected chi connectivity index (χ0v) is 23.5. The van der Waals surface area contributed by atoms with E-state index in [9.17, 15) is 31.5 Å². The summed E-state index contributed by atoms with van der Waals surface area (Å²) in [6.07, 6.45) is -4.57. The summed E-state index contributed by atoms with van der Waals surface area (Å²) in [6.45, 7) is 1.57. The molecule has 2 fully saturated rings. The van der Waals surface area contributed by atoms with E-state index in [1.54, 1.807) is 30.3 Å². The summed E-state index contributed by atoms with van der Waals surface area (Å²) in [7, 11) is -3.71. The van der Waals surface area contributed by atoms with Gasteiger partial charge in [-0.1, -0.05) is 36.4 Å². The first-order valence-electron chi connectivity index (χ1n) is 13.2. The molecule has 2 atom stereocenters. The first-order valence-corrected chi connectivity index (χ1v) is 15.1. The molecular formula is C28H30F3N5O5S. The zero-order valence-electron chi connectivity index (χ0n) is 22.6. The highest BCUT2D eigenvalue weighted by Gasteiger charge is 2.46. The summed E-state index contributed by atoms with van der Waals surface area (Å²) < 4.78 is 73.6. The monoisotopic (exact) mass is 605 g/mol. The number of carboxylic acids is 1. The van der Waals surface area contributed by atoms with Gasteiger partial charge < -0.3 is 25.8 Å². The minimum absolute atomic E-state index is 0.0502. The second-order valence-corrected chi connectivity index (χ2v) is 12.8. The molecule has 14 heteroatoms. The van der Waals surface area contributed by atoms with E-state index in [0.29, 0.717) is 50.3 Å². The molecule has 3 heterocycles. The fourth-order valence-electron chi connectivity index (χ4n) is 5.63. The molecular weight excluding hydrogens is 575 g/mol. The lowest BCUT2D eigenvalue weighted by molar-refractivity contribution is -0.198. The number of benzene rings is 2. The molecule has 0 aliphatic carbocycles. The second kappa shape index (κ2) is 11.1. The van der Waals surface area contributed by atoms with Crippen molar-refractivity contribution >= 4 is 27.6 Å². The Hall–Kier alpha value is -3.91. The van der Waals surface area contributed by atoms with Gasteiger partial charge in [-0.2, -0.15) is 23.1 Å². The number of alkyl halides is 3. The smallest absolute Gasteiger partial charge is 0.429 e. The van der Waals surface area contributed by atoms with Crippen molar-refractivity contribution in [3.8, 4) is 17.0 Å². The number of nitrogens with zero attached hydrogens (tertiary/aromatic N) is 3. The third-order valence-corrected chi connectivity index (χ3v) is 8.98. The number of piperidine rings is 1. The molecule has 3 aromatic rings. The van der Waals surface area contributed by atoms with Crippen molar-refractivity contribution in [2.24, 2.45) is 5.41 Å². The number of aromatic nitrogens is 2. The Morgan fingerprint density at radius 1 is 1.14 bits per heavy atom. The Labute approximate surface area is 240 Å². The third kappa shape index (κ3) is 6.28. The summed E-state index contributed by atoms with van der Waals surface area (Å²) >= 11 is 0. The van der Waals surface area contributed by atoms with Crippen LogP contribution in [0.15, 0.2) is 59.5 Å². The maximum Gasteiger partial charge on any atom is 0.429 e. The number of carboxylic acid groups (broad SMARTS) is 1. The maximum atomic E-state index is 14.6. The predicted octanol–water partition coefficient (Wildman–Crippen LogP) is 3.84. The summed E-state index contributed by atoms with van der Waals surface area (Å²) in [6, 6.07) is 12.3. The van der Waals surface area contributed by atoms with Crippen LogP contribution in [0.3, 0.4) is 0 Å². The molecule has 0 amide bonds. The summed E-state index contributed by atoms with van der Waals surface area (Å²) in [5.74, 6) is -1.25. The number of rotatable bonds is 7. The van der Waals surface area contributed by atoms with Crippen LogP contribution in [0.1, 0.15) is 30.9 Å². The van der Waals surface area contributed by atoms with Crippen molar-refractivity contribution in [2.45, 2.75) is 42.5 Å². The normalized spacial score (nSPS) is 19.5. The van der Waals surface area contributed by atoms with Crippen LogP contribution in [-0.4, -0.2) is 67.6 Å². The molecule has 2 saturated heterocycles. The molecule has 5 rings (SSSR count). The van der Waals surface area contributed by atoms with Gasteiger partial charge in [-0.15, -0.1) is 0 Å². The van der Waals surface area contributed by atoms with Crippen LogP contribution in [0.2, 0.25) is 0 Å². The minimum atomic E-state index is -4.90. The van der Waals surface area contributed by atoms with E-state index in [0.717, 1.165) is 18.4 Å². The lowest BCUT2D eigenvalue weighted by atomic mass is 9.76. The quantitative estimate of drug-likeness (QED) is 0.363. The van der Waals surface area contributed by atoms with E-state index in [-0.39, 0.29) is 33.3 Å². The molecule has 0 unspecified atom stereocenters. The van der Waals surface area contributed by atoms with Gasteiger partial charge in [-0.25, -0.2) is 8.42 Å². The molecule has 0 bridgehead atoms. The Morgan fingerprint density at radius 3 is 2.43 bits per heavy atom. The molecule has 1 spiro atoms. The van der Waals surface area contributed by atoms with E-state index in [2.05, 4.69) is 15.3 Å². The number of halogens is 3. The largest absolute Gasteiger partial charge is 0.480 e. The van der Waals surface area contributed by atoms with Crippen molar-refractivity contribution in [1.82, 2.24) is 15.3 Å². The van der Waals surface area contributed by atoms with Gasteiger partial charge in [-0.05, 0) is 47.9 Å². The summed E-state index contributed by atoms with van der Waals surface area (Å²) in [5.41, 5.74) is 5.86. The highest BCUT2D eigenvalue weighted by atomic mass is 32.2. The van der Waals surface area contributed by atoms with Gasteiger partial charge in [0, 0.05) is 37.5 Å². The second-order valence-electron chi connectivity index (χ2n) is 10.8. The lowest BCUT2D eigenvalue weighted by Gasteiger charge is -2.39. The highest BCUT2D eigenvalue weighted by Crippen LogP contribution is 2.43. The van der Waals surface area contributed by atoms with Gasteiger partial charge in [0.25, 0.3) is 0 Å². The van der Waals surface area contributed by atoms with Crippen LogP contribution in [0.5, 0.6) is 5.88 Å². The number of hydrogen-bond acceptors (Lipinski definition) is 9. The van der Waals surface area contributed by atoms with Gasteiger partial charge >= 0.3 is 12.1 Å². The standard InChI is InChI=1S/C28H30F3N5O5S/c1-42(39,40)18-7-8-19(20(13-18)17-5-3-2-4-6-17)24(28(29,30)31)41-23-14-22(34-26(32)35-23)36-11-9-27(10-12-36)15-21(25(37)38)33-16-27/h2-8,13-14,21,24,33H,9-12,15-16H2,1H3,(H,37,38)(H2,32,34,35)/t21-,24+/m0/s1. The van der Waals surface area contributed by atoms with Crippen LogP contribution in [0.4, 0.5) is 24.9 Å². The fraction of sp³-hybridized carbons (Fsp3) is 0.393. The molecule has 1 aromatic heterocycles. The van der Waals surface area contributed by atoms with Crippen LogP contribution >= 0.6 is 0 Å². The molecule has 0 saturated carbocycles. The molecule has 42 heavy (non-hydrogen) atoms. The Morgan fingerprint density at radius 2 is 1.83 bits per heavy atom. The van der Waals surface area contributed by atoms with Crippen molar-refractivity contribution < 1.29 is 36.2 Å². The average Bonchev–Trinajstić information content (AvgIpc) is 3.35. The zero-order chi connectivity index (χ0) is 30.3. The first-order chi connectivity index (χ1) is 19.7. The van der Waals surface area contributed by atoms with E-state index in [4.69, 9.17) is 10.5 Å². The predicted molar refractivity (Wildman–Crippen MR) is 149 cm³/mol. The van der Waals surface area contributed by atoms with Crippen LogP contribution < -0.4 is 20.7 Å². The Bertz CT molecular complexity index is 1580. The van der Waals surface area contributed by atoms with Gasteiger partial charge in [0.05, 0.1) is 4.90 Å². The highest BCUT2D eigenvalue weighted by molar-refractivity contribution is 7.90. The van der Waals surface area contributed by atoms with Gasteiger partial charge in [0.15, 0.2) is 9.84 Å². The number of nitrogen functional groups attached to an aromatic ring is 1. The number of sulfone groups is 1. The average molecular weight is 606 g/mol. The molecule has 2 aliphatic rings. The van der Waals surface area contributed by atoms with Gasteiger partial charge in [-0.3, -0.25) is 4.79 Å². The van der Waals surface area contributed by atoms with Crippen molar-refractivity contribution in [3.05, 3.63) is 60.2 Å². The van der Waals surface area contributed by atoms with Crippen LogP contribution in [0.25, 0.3) is 11.1 Å². The molecule has 224 valence electrons. The van der Waals surface area contributed by atoms with E-state index < -0.39 is 34.1 Å². The van der Waals surface area contributed by atoms with Gasteiger partial charge in [0.2, 0.25) is 17.9 Å². The van der Waals surface area contributed by atoms with E-state index in [1.807, 2.05) is 4.90 Å². The number of aliphatic carboxylic acids is 1. The van der Waals surface area contributed by atoms with Crippen molar-refractivity contribution in [3.63, 3.8) is 0 Å². The van der Waals surface area contributed by atoms with E-state index in [1.165, 1.54) is 12.1 Å². The number of ether oxygens (including phenoxy) is 1. The lowest BCUT2D eigenvalue weighted by Crippen LogP contribution is -2.41. The number of nitrogens with one attached hydrogen (secondary N) is 1. The number of anilines is 2. The number of nitrogens with two attached hydrogens (primary N) is 1. The summed E-state index contributed by atoms with van der Waals surface area (Å²) in [4.78, 5) is 21.3. The third-order valence-electron chi connectivity index (χ3n) is 7.87. The SMILES string of the molecule is CS(=O)(=O)c1ccc([C@@H](Oc2cc(N3CCC4(CC3)CN[C@H](C(=O)O)C4)nc(N)n2)C(F)(F)F)c(-c2ccccc2)c1. The molecule has 4 N–H and O–H groups in total. The van der Waals surface area contributed by atoms with Crippen molar-refractivity contribution in [1.29, 1.82) is 0 Å². The first kappa shape index (κ1) is 29.6. The maximum absolute atomic E-state index is 14.6. The summed E-state index contributed by atoms with van der Waals surface area (Å²) in [5, 5.41) is 12.4. The van der Waals surface area contributed by atoms with Crippen LogP contribution in [-0.2, 0) is 14.6 Å². The Balaban J connectivity index is 1.44. The molecule has 0 radical (unpaired) electrons. The van der Waals surface area contributed by atoms with Crippen LogP contribution in [0, 0.1) is 5.41 Å². The topological polar surface area (TPSA) is 148 Å². The molecule has 10 nitrogen and oxygen atoms in total. The molecule has 2 aliphatic heterocycles. The van der Waals surface area contributed by atoms with Crippen molar-refractivity contribution in [2.75, 3.05) is 36.5 Å². The Kier molecular flexibility index (Phi) is 7.79.